The second-order valence-electron chi connectivity index (χ2n) is 6.05. The Hall–Kier alpha value is -2.70. The smallest absolute Gasteiger partial charge is 0.225 e. The number of amides is 1. The molecule has 7 heteroatoms. The van der Waals surface area contributed by atoms with E-state index in [2.05, 4.69) is 20.2 Å². The van der Waals surface area contributed by atoms with Crippen molar-refractivity contribution in [3.63, 3.8) is 0 Å². The highest BCUT2D eigenvalue weighted by atomic mass is 19.1. The molecule has 3 rings (SSSR count). The van der Waals surface area contributed by atoms with Crippen molar-refractivity contribution in [3.8, 4) is 5.75 Å². The first-order valence-corrected chi connectivity index (χ1v) is 8.29. The molecule has 1 aliphatic rings. The van der Waals surface area contributed by atoms with E-state index in [9.17, 15) is 9.18 Å². The number of carbonyl (C=O) groups excluding carboxylic acids is 1. The number of benzene rings is 1. The van der Waals surface area contributed by atoms with E-state index in [4.69, 9.17) is 4.74 Å². The summed E-state index contributed by atoms with van der Waals surface area (Å²) in [7, 11) is 1.41. The van der Waals surface area contributed by atoms with Crippen molar-refractivity contribution in [2.75, 3.05) is 25.1 Å². The van der Waals surface area contributed by atoms with Gasteiger partial charge in [-0.1, -0.05) is 6.07 Å². The average Bonchev–Trinajstić information content (AvgIpc) is 2.63. The number of hydrogen-bond acceptors (Lipinski definition) is 5. The van der Waals surface area contributed by atoms with Gasteiger partial charge in [0, 0.05) is 31.5 Å². The van der Waals surface area contributed by atoms with Gasteiger partial charge >= 0.3 is 0 Å². The molecule has 6 nitrogen and oxygen atoms in total. The monoisotopic (exact) mass is 344 g/mol. The standard InChI is InChI=1S/C18H21FN4O2/c1-25-16-6-5-13(10-15(16)19)11-17(24)22-14-4-2-9-23(12-14)18-20-7-3-8-21-18/h3,5-8,10,14H,2,4,9,11-12H2,1H3,(H,22,24)/t14-/m1/s1. The van der Waals surface area contributed by atoms with Gasteiger partial charge in [0.15, 0.2) is 11.6 Å². The number of rotatable bonds is 5. The summed E-state index contributed by atoms with van der Waals surface area (Å²) in [6.07, 6.45) is 5.43. The number of carbonyl (C=O) groups is 1. The van der Waals surface area contributed by atoms with E-state index < -0.39 is 5.82 Å². The van der Waals surface area contributed by atoms with Crippen LogP contribution < -0.4 is 15.0 Å². The second kappa shape index (κ2) is 7.92. The molecular formula is C18H21FN4O2. The number of ether oxygens (including phenoxy) is 1. The van der Waals surface area contributed by atoms with Gasteiger partial charge in [0.2, 0.25) is 11.9 Å². The Bertz CT molecular complexity index is 726. The molecule has 1 N–H and O–H groups in total. The van der Waals surface area contributed by atoms with E-state index in [-0.39, 0.29) is 24.1 Å². The van der Waals surface area contributed by atoms with Crippen LogP contribution in [-0.2, 0) is 11.2 Å². The van der Waals surface area contributed by atoms with Crippen LogP contribution >= 0.6 is 0 Å². The lowest BCUT2D eigenvalue weighted by atomic mass is 10.1. The van der Waals surface area contributed by atoms with Gasteiger partial charge in [-0.25, -0.2) is 14.4 Å². The summed E-state index contributed by atoms with van der Waals surface area (Å²) in [5, 5.41) is 3.03. The predicted octanol–water partition coefficient (Wildman–Crippen LogP) is 1.95. The normalized spacial score (nSPS) is 17.2. The second-order valence-corrected chi connectivity index (χ2v) is 6.05. The molecule has 25 heavy (non-hydrogen) atoms. The Labute approximate surface area is 146 Å². The van der Waals surface area contributed by atoms with Gasteiger partial charge in [-0.3, -0.25) is 4.79 Å². The van der Waals surface area contributed by atoms with Crippen molar-refractivity contribution in [2.24, 2.45) is 0 Å². The Balaban J connectivity index is 1.56. The van der Waals surface area contributed by atoms with E-state index in [0.717, 1.165) is 19.4 Å². The first kappa shape index (κ1) is 17.1. The van der Waals surface area contributed by atoms with E-state index in [1.165, 1.54) is 19.2 Å². The molecule has 0 aliphatic carbocycles. The molecule has 0 spiro atoms. The van der Waals surface area contributed by atoms with Gasteiger partial charge in [-0.05, 0) is 36.6 Å². The van der Waals surface area contributed by atoms with E-state index in [1.54, 1.807) is 24.5 Å². The zero-order valence-corrected chi connectivity index (χ0v) is 14.1. The van der Waals surface area contributed by atoms with Crippen molar-refractivity contribution in [3.05, 3.63) is 48.0 Å². The molecule has 132 valence electrons. The van der Waals surface area contributed by atoms with Crippen LogP contribution in [0.1, 0.15) is 18.4 Å². The number of halogens is 1. The van der Waals surface area contributed by atoms with Gasteiger partial charge in [0.25, 0.3) is 0 Å². The molecule has 1 saturated heterocycles. The van der Waals surface area contributed by atoms with Gasteiger partial charge in [0.1, 0.15) is 0 Å². The largest absolute Gasteiger partial charge is 0.494 e. The number of nitrogens with one attached hydrogen (secondary N) is 1. The number of methoxy groups -OCH3 is 1. The SMILES string of the molecule is COc1ccc(CC(=O)N[C@@H]2CCCN(c3ncccn3)C2)cc1F. The molecule has 2 heterocycles. The topological polar surface area (TPSA) is 67.3 Å². The third-order valence-corrected chi connectivity index (χ3v) is 4.20. The summed E-state index contributed by atoms with van der Waals surface area (Å²) >= 11 is 0. The summed E-state index contributed by atoms with van der Waals surface area (Å²) in [6.45, 7) is 1.55. The van der Waals surface area contributed by atoms with Crippen molar-refractivity contribution in [1.29, 1.82) is 0 Å². The maximum absolute atomic E-state index is 13.7. The van der Waals surface area contributed by atoms with Gasteiger partial charge in [0.05, 0.1) is 13.5 Å². The number of anilines is 1. The van der Waals surface area contributed by atoms with Crippen molar-refractivity contribution in [2.45, 2.75) is 25.3 Å². The minimum atomic E-state index is -0.460. The van der Waals surface area contributed by atoms with Crippen molar-refractivity contribution >= 4 is 11.9 Å². The average molecular weight is 344 g/mol. The zero-order chi connectivity index (χ0) is 17.6. The summed E-state index contributed by atoms with van der Waals surface area (Å²) in [5.74, 6) is 0.275. The van der Waals surface area contributed by atoms with Crippen LogP contribution in [0, 0.1) is 5.82 Å². The fraction of sp³-hybridized carbons (Fsp3) is 0.389. The number of aromatic nitrogens is 2. The van der Waals surface area contributed by atoms with Crippen LogP contribution in [0.5, 0.6) is 5.75 Å². The molecular weight excluding hydrogens is 323 g/mol. The minimum absolute atomic E-state index is 0.0353. The van der Waals surface area contributed by atoms with Gasteiger partial charge < -0.3 is 15.0 Å². The van der Waals surface area contributed by atoms with Gasteiger partial charge in [-0.2, -0.15) is 0 Å². The van der Waals surface area contributed by atoms with E-state index >= 15 is 0 Å². The maximum Gasteiger partial charge on any atom is 0.225 e. The lowest BCUT2D eigenvalue weighted by molar-refractivity contribution is -0.121. The summed E-state index contributed by atoms with van der Waals surface area (Å²) in [4.78, 5) is 22.9. The zero-order valence-electron chi connectivity index (χ0n) is 14.1. The number of piperidine rings is 1. The maximum atomic E-state index is 13.7. The minimum Gasteiger partial charge on any atom is -0.494 e. The molecule has 0 saturated carbocycles. The molecule has 0 radical (unpaired) electrons. The number of hydrogen-bond donors (Lipinski definition) is 1. The van der Waals surface area contributed by atoms with Crippen LogP contribution in [0.4, 0.5) is 10.3 Å². The molecule has 2 aromatic rings. The summed E-state index contributed by atoms with van der Waals surface area (Å²) in [6, 6.07) is 6.39. The summed E-state index contributed by atoms with van der Waals surface area (Å²) < 4.78 is 18.6. The molecule has 0 bridgehead atoms. The van der Waals surface area contributed by atoms with Crippen molar-refractivity contribution in [1.82, 2.24) is 15.3 Å². The highest BCUT2D eigenvalue weighted by molar-refractivity contribution is 5.79. The first-order chi connectivity index (χ1) is 12.2. The summed E-state index contributed by atoms with van der Waals surface area (Å²) in [5.41, 5.74) is 0.620. The molecule has 1 aromatic carbocycles. The third kappa shape index (κ3) is 4.43. The van der Waals surface area contributed by atoms with E-state index in [1.807, 2.05) is 0 Å². The fourth-order valence-electron chi connectivity index (χ4n) is 3.02. The lowest BCUT2D eigenvalue weighted by Crippen LogP contribution is -2.48. The third-order valence-electron chi connectivity index (χ3n) is 4.20. The Morgan fingerprint density at radius 2 is 2.20 bits per heavy atom. The molecule has 1 fully saturated rings. The van der Waals surface area contributed by atoms with Gasteiger partial charge in [-0.15, -0.1) is 0 Å². The van der Waals surface area contributed by atoms with Crippen molar-refractivity contribution < 1.29 is 13.9 Å². The highest BCUT2D eigenvalue weighted by Crippen LogP contribution is 2.18. The Morgan fingerprint density at radius 3 is 2.92 bits per heavy atom. The molecule has 1 aromatic heterocycles. The highest BCUT2D eigenvalue weighted by Gasteiger charge is 2.23. The molecule has 1 amide bonds. The molecule has 1 aliphatic heterocycles. The molecule has 0 unspecified atom stereocenters. The quantitative estimate of drug-likeness (QED) is 0.898. The van der Waals surface area contributed by atoms with Crippen LogP contribution in [0.3, 0.4) is 0 Å². The first-order valence-electron chi connectivity index (χ1n) is 8.29. The van der Waals surface area contributed by atoms with E-state index in [0.29, 0.717) is 18.1 Å². The lowest BCUT2D eigenvalue weighted by Gasteiger charge is -2.33. The van der Waals surface area contributed by atoms with Crippen LogP contribution in [-0.4, -0.2) is 42.1 Å². The molecule has 1 atom stereocenters. The number of nitrogens with zero attached hydrogens (tertiary/aromatic N) is 3. The Morgan fingerprint density at radius 1 is 1.40 bits per heavy atom. The van der Waals surface area contributed by atoms with Crippen LogP contribution in [0.25, 0.3) is 0 Å². The predicted molar refractivity (Wildman–Crippen MR) is 92.1 cm³/mol. The fourth-order valence-corrected chi connectivity index (χ4v) is 3.02. The van der Waals surface area contributed by atoms with Crippen LogP contribution in [0.2, 0.25) is 0 Å². The van der Waals surface area contributed by atoms with Crippen LogP contribution in [0.15, 0.2) is 36.7 Å². The Kier molecular flexibility index (Phi) is 5.42.